The number of methoxy groups -OCH3 is 1. The van der Waals surface area contributed by atoms with Gasteiger partial charge < -0.3 is 14.8 Å². The van der Waals surface area contributed by atoms with E-state index in [1.165, 1.54) is 32.2 Å². The van der Waals surface area contributed by atoms with Crippen molar-refractivity contribution in [2.75, 3.05) is 39.8 Å². The molecule has 2 rings (SSSR count). The molecule has 2 aliphatic heterocycles. The van der Waals surface area contributed by atoms with Gasteiger partial charge in [-0.05, 0) is 44.7 Å². The molecule has 3 atom stereocenters. The van der Waals surface area contributed by atoms with E-state index in [1.54, 1.807) is 0 Å². The summed E-state index contributed by atoms with van der Waals surface area (Å²) in [5.41, 5.74) is 0. The number of rotatable bonds is 7. The summed E-state index contributed by atoms with van der Waals surface area (Å²) in [4.78, 5) is 2.52. The van der Waals surface area contributed by atoms with Crippen molar-refractivity contribution in [1.82, 2.24) is 10.2 Å². The van der Waals surface area contributed by atoms with E-state index >= 15 is 0 Å². The largest absolute Gasteiger partial charge is 0.380 e. The average Bonchev–Trinajstić information content (AvgIpc) is 2.86. The lowest BCUT2D eigenvalue weighted by Gasteiger charge is -2.33. The minimum Gasteiger partial charge on any atom is -0.380 e. The van der Waals surface area contributed by atoms with Gasteiger partial charge in [-0.2, -0.15) is 0 Å². The van der Waals surface area contributed by atoms with Gasteiger partial charge >= 0.3 is 0 Å². The van der Waals surface area contributed by atoms with Crippen LogP contribution in [0.5, 0.6) is 0 Å². The zero-order chi connectivity index (χ0) is 14.4. The fraction of sp³-hybridized carbons (Fsp3) is 1.00. The second-order valence-electron chi connectivity index (χ2n) is 6.77. The van der Waals surface area contributed by atoms with Crippen molar-refractivity contribution in [2.45, 2.75) is 57.8 Å². The number of piperidine rings is 1. The summed E-state index contributed by atoms with van der Waals surface area (Å²) < 4.78 is 11.7. The van der Waals surface area contributed by atoms with Crippen LogP contribution in [0.1, 0.15) is 39.5 Å². The molecule has 0 bridgehead atoms. The summed E-state index contributed by atoms with van der Waals surface area (Å²) in [7, 11) is 1.83. The van der Waals surface area contributed by atoms with Crippen LogP contribution in [-0.2, 0) is 9.47 Å². The van der Waals surface area contributed by atoms with Gasteiger partial charge in [0.25, 0.3) is 0 Å². The third-order valence-corrected chi connectivity index (χ3v) is 4.38. The molecule has 4 nitrogen and oxygen atoms in total. The zero-order valence-corrected chi connectivity index (χ0v) is 13.4. The van der Waals surface area contributed by atoms with E-state index in [4.69, 9.17) is 9.47 Å². The Kier molecular flexibility index (Phi) is 6.75. The van der Waals surface area contributed by atoms with Crippen LogP contribution in [0, 0.1) is 5.92 Å². The second kappa shape index (κ2) is 8.32. The maximum atomic E-state index is 6.17. The Labute approximate surface area is 124 Å². The zero-order valence-electron chi connectivity index (χ0n) is 13.4. The average molecular weight is 284 g/mol. The Morgan fingerprint density at radius 1 is 1.25 bits per heavy atom. The number of hydrogen-bond donors (Lipinski definition) is 1. The standard InChI is InChI=1S/C16H32N2O2/c1-13(2)9-17-10-14-6-7-16(20-14)12-18-8-4-5-15(11-18)19-3/h13-17H,4-12H2,1-3H3. The Hall–Kier alpha value is -0.160. The maximum absolute atomic E-state index is 6.17. The smallest absolute Gasteiger partial charge is 0.0707 e. The van der Waals surface area contributed by atoms with E-state index < -0.39 is 0 Å². The minimum atomic E-state index is 0.418. The van der Waals surface area contributed by atoms with Crippen LogP contribution in [0.3, 0.4) is 0 Å². The maximum Gasteiger partial charge on any atom is 0.0707 e. The highest BCUT2D eigenvalue weighted by Crippen LogP contribution is 2.22. The summed E-state index contributed by atoms with van der Waals surface area (Å²) in [5.74, 6) is 0.714. The van der Waals surface area contributed by atoms with Crippen LogP contribution in [-0.4, -0.2) is 63.0 Å². The van der Waals surface area contributed by atoms with Crippen molar-refractivity contribution < 1.29 is 9.47 Å². The number of nitrogens with one attached hydrogen (secondary N) is 1. The Morgan fingerprint density at radius 3 is 2.80 bits per heavy atom. The molecule has 0 saturated carbocycles. The van der Waals surface area contributed by atoms with Gasteiger partial charge in [-0.1, -0.05) is 13.8 Å². The van der Waals surface area contributed by atoms with Gasteiger partial charge in [0.15, 0.2) is 0 Å². The Bertz CT molecular complexity index is 273. The lowest BCUT2D eigenvalue weighted by Crippen LogP contribution is -2.43. The molecule has 1 N–H and O–H groups in total. The quantitative estimate of drug-likeness (QED) is 0.774. The first-order chi connectivity index (χ1) is 9.67. The molecule has 0 aromatic carbocycles. The lowest BCUT2D eigenvalue weighted by molar-refractivity contribution is -0.00978. The van der Waals surface area contributed by atoms with Crippen LogP contribution in [0.15, 0.2) is 0 Å². The molecule has 0 aromatic heterocycles. The number of likely N-dealkylation sites (tertiary alicyclic amines) is 1. The van der Waals surface area contributed by atoms with Crippen molar-refractivity contribution in [3.8, 4) is 0 Å². The first kappa shape index (κ1) is 16.2. The molecular weight excluding hydrogens is 252 g/mol. The van der Waals surface area contributed by atoms with Gasteiger partial charge in [-0.3, -0.25) is 4.90 Å². The second-order valence-corrected chi connectivity index (χ2v) is 6.77. The molecule has 2 fully saturated rings. The molecule has 0 aliphatic carbocycles. The molecule has 3 unspecified atom stereocenters. The van der Waals surface area contributed by atoms with Crippen molar-refractivity contribution in [1.29, 1.82) is 0 Å². The van der Waals surface area contributed by atoms with Crippen LogP contribution in [0.2, 0.25) is 0 Å². The minimum absolute atomic E-state index is 0.418. The number of nitrogens with zero attached hydrogens (tertiary/aromatic N) is 1. The van der Waals surface area contributed by atoms with E-state index in [1.807, 2.05) is 7.11 Å². The summed E-state index contributed by atoms with van der Waals surface area (Å²) >= 11 is 0. The van der Waals surface area contributed by atoms with E-state index in [0.717, 1.165) is 26.2 Å². The molecular formula is C16H32N2O2. The first-order valence-electron chi connectivity index (χ1n) is 8.28. The highest BCUT2D eigenvalue weighted by atomic mass is 16.5. The van der Waals surface area contributed by atoms with E-state index in [-0.39, 0.29) is 0 Å². The van der Waals surface area contributed by atoms with Crippen molar-refractivity contribution >= 4 is 0 Å². The molecule has 0 amide bonds. The van der Waals surface area contributed by atoms with Gasteiger partial charge in [-0.15, -0.1) is 0 Å². The predicted octanol–water partition coefficient (Wildman–Crippen LogP) is 1.89. The van der Waals surface area contributed by atoms with Crippen molar-refractivity contribution in [3.63, 3.8) is 0 Å². The summed E-state index contributed by atoms with van der Waals surface area (Å²) in [6, 6.07) is 0. The van der Waals surface area contributed by atoms with Gasteiger partial charge in [0.05, 0.1) is 18.3 Å². The van der Waals surface area contributed by atoms with Gasteiger partial charge in [0.1, 0.15) is 0 Å². The fourth-order valence-electron chi connectivity index (χ4n) is 3.26. The number of ether oxygens (including phenoxy) is 2. The van der Waals surface area contributed by atoms with Crippen molar-refractivity contribution in [3.05, 3.63) is 0 Å². The molecule has 0 spiro atoms. The topological polar surface area (TPSA) is 33.7 Å². The van der Waals surface area contributed by atoms with Gasteiger partial charge in [0.2, 0.25) is 0 Å². The predicted molar refractivity (Wildman–Crippen MR) is 82.1 cm³/mol. The molecule has 2 saturated heterocycles. The third kappa shape index (κ3) is 5.32. The van der Waals surface area contributed by atoms with Crippen LogP contribution in [0.4, 0.5) is 0 Å². The number of hydrogen-bond acceptors (Lipinski definition) is 4. The summed E-state index contributed by atoms with van der Waals surface area (Å²) in [6.07, 6.45) is 6.15. The van der Waals surface area contributed by atoms with E-state index in [0.29, 0.717) is 24.2 Å². The van der Waals surface area contributed by atoms with Crippen LogP contribution >= 0.6 is 0 Å². The van der Waals surface area contributed by atoms with Crippen molar-refractivity contribution in [2.24, 2.45) is 5.92 Å². The van der Waals surface area contributed by atoms with Gasteiger partial charge in [-0.25, -0.2) is 0 Å². The van der Waals surface area contributed by atoms with Crippen LogP contribution in [0.25, 0.3) is 0 Å². The highest BCUT2D eigenvalue weighted by Gasteiger charge is 2.28. The van der Waals surface area contributed by atoms with Crippen LogP contribution < -0.4 is 5.32 Å². The molecule has 0 radical (unpaired) electrons. The molecule has 118 valence electrons. The summed E-state index contributed by atoms with van der Waals surface area (Å²) in [6.45, 7) is 9.95. The normalized spacial score (nSPS) is 32.1. The first-order valence-corrected chi connectivity index (χ1v) is 8.28. The highest BCUT2D eigenvalue weighted by molar-refractivity contribution is 4.81. The molecule has 20 heavy (non-hydrogen) atoms. The van der Waals surface area contributed by atoms with E-state index in [9.17, 15) is 0 Å². The Morgan fingerprint density at radius 2 is 2.05 bits per heavy atom. The molecule has 2 aliphatic rings. The molecule has 2 heterocycles. The Balaban J connectivity index is 1.63. The fourth-order valence-corrected chi connectivity index (χ4v) is 3.26. The molecule has 4 heteroatoms. The summed E-state index contributed by atoms with van der Waals surface area (Å²) in [5, 5.41) is 3.51. The van der Waals surface area contributed by atoms with E-state index in [2.05, 4.69) is 24.1 Å². The lowest BCUT2D eigenvalue weighted by atomic mass is 10.1. The third-order valence-electron chi connectivity index (χ3n) is 4.38. The van der Waals surface area contributed by atoms with Gasteiger partial charge in [0, 0.05) is 26.7 Å². The SMILES string of the molecule is COC1CCCN(CC2CCC(CNCC(C)C)O2)C1. The molecule has 0 aromatic rings. The monoisotopic (exact) mass is 284 g/mol.